The largest absolute Gasteiger partial charge is 0.309 e. The van der Waals surface area contributed by atoms with Crippen LogP contribution < -0.4 is 0 Å². The second kappa shape index (κ2) is 29.7. The minimum atomic E-state index is 0.285. The summed E-state index contributed by atoms with van der Waals surface area (Å²) in [4.78, 5) is 4.00. The number of nitrogens with zero attached hydrogens (tertiary/aromatic N) is 1. The number of nitrogens with one attached hydrogen (secondary N) is 1. The van der Waals surface area contributed by atoms with Crippen molar-refractivity contribution < 1.29 is 0 Å². The number of hydrogen-bond donors (Lipinski definition) is 1. The summed E-state index contributed by atoms with van der Waals surface area (Å²) < 4.78 is 0. The number of aliphatic imine (C=N–C) groups is 1. The van der Waals surface area contributed by atoms with Gasteiger partial charge in [-0.15, -0.1) is 12.8 Å². The maximum absolute atomic E-state index is 7.67. The average Bonchev–Trinajstić information content (AvgIpc) is 3.15. The van der Waals surface area contributed by atoms with Gasteiger partial charge in [0.25, 0.3) is 0 Å². The van der Waals surface area contributed by atoms with Crippen molar-refractivity contribution in [3.05, 3.63) is 162 Å². The number of terminal acetylenes is 1. The van der Waals surface area contributed by atoms with Crippen LogP contribution in [0.4, 0.5) is 0 Å². The summed E-state index contributed by atoms with van der Waals surface area (Å²) in [6.07, 6.45) is 32.7. The van der Waals surface area contributed by atoms with Gasteiger partial charge in [-0.25, -0.2) is 0 Å². The second-order valence-corrected chi connectivity index (χ2v) is 9.70. The molecule has 0 fully saturated rings. The van der Waals surface area contributed by atoms with Gasteiger partial charge in [0.05, 0.1) is 6.54 Å². The summed E-state index contributed by atoms with van der Waals surface area (Å²) in [7, 11) is 0. The molecule has 1 aliphatic rings. The molecule has 3 aromatic rings. The van der Waals surface area contributed by atoms with Crippen LogP contribution in [0.3, 0.4) is 0 Å². The van der Waals surface area contributed by atoms with Crippen LogP contribution in [-0.2, 0) is 0 Å². The Labute approximate surface area is 287 Å². The van der Waals surface area contributed by atoms with Crippen LogP contribution in [0.25, 0.3) is 16.7 Å². The number of allylic oxidation sites excluding steroid dienone is 11. The van der Waals surface area contributed by atoms with Crippen molar-refractivity contribution in [2.45, 2.75) is 60.3 Å². The van der Waals surface area contributed by atoms with Crippen molar-refractivity contribution in [1.29, 1.82) is 5.41 Å². The molecule has 1 unspecified atom stereocenters. The molecule has 1 N–H and O–H groups in total. The van der Waals surface area contributed by atoms with Crippen molar-refractivity contribution in [3.63, 3.8) is 0 Å². The summed E-state index contributed by atoms with van der Waals surface area (Å²) in [5.74, 6) is 0.285. The molecule has 47 heavy (non-hydrogen) atoms. The maximum Gasteiger partial charge on any atom is 0.0571 e. The molecule has 1 aliphatic carbocycles. The molecule has 0 saturated heterocycles. The predicted molar refractivity (Wildman–Crippen MR) is 213 cm³/mol. The van der Waals surface area contributed by atoms with E-state index in [2.05, 4.69) is 152 Å². The van der Waals surface area contributed by atoms with Crippen LogP contribution in [0.15, 0.2) is 162 Å². The van der Waals surface area contributed by atoms with E-state index in [4.69, 9.17) is 5.41 Å². The summed E-state index contributed by atoms with van der Waals surface area (Å²) in [6.45, 7) is 14.2. The van der Waals surface area contributed by atoms with Crippen molar-refractivity contribution in [2.75, 3.05) is 6.54 Å². The van der Waals surface area contributed by atoms with Gasteiger partial charge in [-0.05, 0) is 78.8 Å². The first-order valence-corrected chi connectivity index (χ1v) is 16.7. The lowest BCUT2D eigenvalue weighted by atomic mass is 9.85. The quantitative estimate of drug-likeness (QED) is 0.101. The monoisotopic (exact) mass is 624 g/mol. The first-order chi connectivity index (χ1) is 23.3. The van der Waals surface area contributed by atoms with Gasteiger partial charge in [0.2, 0.25) is 0 Å². The zero-order chi connectivity index (χ0) is 35.0. The van der Waals surface area contributed by atoms with Crippen LogP contribution in [0.5, 0.6) is 0 Å². The van der Waals surface area contributed by atoms with Crippen LogP contribution in [0.1, 0.15) is 65.9 Å². The molecule has 1 atom stereocenters. The lowest BCUT2D eigenvalue weighted by Gasteiger charge is -2.20. The van der Waals surface area contributed by atoms with Gasteiger partial charge in [-0.1, -0.05) is 167 Å². The number of rotatable bonds is 10. The van der Waals surface area contributed by atoms with E-state index in [9.17, 15) is 0 Å². The summed E-state index contributed by atoms with van der Waals surface area (Å²) >= 11 is 0. The van der Waals surface area contributed by atoms with Crippen LogP contribution in [-0.4, -0.2) is 19.5 Å². The van der Waals surface area contributed by atoms with Crippen molar-refractivity contribution >= 4 is 18.5 Å². The molecule has 0 spiro atoms. The average molecular weight is 625 g/mol. The third kappa shape index (κ3) is 17.3. The highest BCUT2D eigenvalue weighted by molar-refractivity contribution is 5.72. The van der Waals surface area contributed by atoms with Gasteiger partial charge in [-0.2, -0.15) is 0 Å². The lowest BCUT2D eigenvalue weighted by Crippen LogP contribution is -2.06. The molecule has 0 heterocycles. The van der Waals surface area contributed by atoms with E-state index >= 15 is 0 Å². The van der Waals surface area contributed by atoms with Crippen LogP contribution in [0, 0.1) is 24.2 Å². The fraction of sp³-hybridized carbons (Fsp3) is 0.244. The van der Waals surface area contributed by atoms with Gasteiger partial charge in [-0.3, -0.25) is 4.99 Å². The van der Waals surface area contributed by atoms with Crippen LogP contribution in [0.2, 0.25) is 0 Å². The SMILES string of the molecule is C#C.C=NC/C=C(\C=C/C/C=C\C)C(=C\C=N)/C1/C=C\C/C(c2ccccc2)=C\CC1.CC.CC.c1ccc(-c2ccccc2)cc1. The highest BCUT2D eigenvalue weighted by atomic mass is 14.7. The van der Waals surface area contributed by atoms with E-state index in [0.717, 1.165) is 31.3 Å². The molecule has 246 valence electrons. The zero-order valence-corrected chi connectivity index (χ0v) is 29.4. The normalized spacial score (nSPS) is 16.0. The molecule has 0 aliphatic heterocycles. The van der Waals surface area contributed by atoms with E-state index in [1.54, 1.807) is 0 Å². The second-order valence-electron chi connectivity index (χ2n) is 9.70. The molecular weight excluding hydrogens is 569 g/mol. The third-order valence-electron chi connectivity index (χ3n) is 6.84. The van der Waals surface area contributed by atoms with Crippen LogP contribution >= 0.6 is 0 Å². The Kier molecular flexibility index (Phi) is 26.5. The van der Waals surface area contributed by atoms with Gasteiger partial charge in [0.1, 0.15) is 0 Å². The highest BCUT2D eigenvalue weighted by Crippen LogP contribution is 2.31. The van der Waals surface area contributed by atoms with E-state index in [1.165, 1.54) is 34.1 Å². The van der Waals surface area contributed by atoms with Gasteiger partial charge in [0.15, 0.2) is 0 Å². The molecular formula is C45H56N2. The minimum Gasteiger partial charge on any atom is -0.309 e. The summed E-state index contributed by atoms with van der Waals surface area (Å²) in [5, 5.41) is 7.67. The topological polar surface area (TPSA) is 36.2 Å². The van der Waals surface area contributed by atoms with E-state index in [-0.39, 0.29) is 5.92 Å². The first kappa shape index (κ1) is 42.0. The molecule has 0 aromatic heterocycles. The molecule has 0 radical (unpaired) electrons. The molecule has 3 aromatic carbocycles. The van der Waals surface area contributed by atoms with E-state index in [0.29, 0.717) is 6.54 Å². The molecule has 2 nitrogen and oxygen atoms in total. The van der Waals surface area contributed by atoms with Gasteiger partial charge >= 0.3 is 0 Å². The summed E-state index contributed by atoms with van der Waals surface area (Å²) in [6, 6.07) is 31.4. The minimum absolute atomic E-state index is 0.285. The molecule has 0 saturated carbocycles. The Morgan fingerprint density at radius 1 is 0.830 bits per heavy atom. The van der Waals surface area contributed by atoms with E-state index < -0.39 is 0 Å². The Morgan fingerprint density at radius 3 is 1.85 bits per heavy atom. The smallest absolute Gasteiger partial charge is 0.0571 e. The summed E-state index contributed by atoms with van der Waals surface area (Å²) in [5.41, 5.74) is 7.54. The predicted octanol–water partition coefficient (Wildman–Crippen LogP) is 12.8. The Morgan fingerprint density at radius 2 is 1.36 bits per heavy atom. The standard InChI is InChI=1S/C27H32N2.C12H10.2C2H6.C2H2/c1-3-4-5-7-14-26(20-22-29-2)27(19-21-28)25-17-10-15-24(16-11-18-25)23-12-8-6-9-13-23;1-3-7-11(8-4-1)12-9-5-2-6-10-12;3*1-2/h3-4,6-10,12-14,16-17,19-21,25,28H,2,5,11,15,18,22H2,1H3;1-10H;2*1-2H3;1-2H/b4-3-,14-7-,17-10-,24-16+,26-20+,27-19-,28-21?;;;;. The number of hydrogen-bond acceptors (Lipinski definition) is 2. The first-order valence-electron chi connectivity index (χ1n) is 16.7. The molecule has 0 bridgehead atoms. The lowest BCUT2D eigenvalue weighted by molar-refractivity contribution is 0.688. The van der Waals surface area contributed by atoms with Crippen molar-refractivity contribution in [3.8, 4) is 24.0 Å². The van der Waals surface area contributed by atoms with Gasteiger partial charge < -0.3 is 5.41 Å². The zero-order valence-electron chi connectivity index (χ0n) is 29.4. The molecule has 4 rings (SSSR count). The number of benzene rings is 3. The van der Waals surface area contributed by atoms with Crippen molar-refractivity contribution in [2.24, 2.45) is 10.9 Å². The molecule has 2 heteroatoms. The Balaban J connectivity index is 0.000000968. The van der Waals surface area contributed by atoms with E-state index in [1.807, 2.05) is 52.8 Å². The third-order valence-corrected chi connectivity index (χ3v) is 6.84. The maximum atomic E-state index is 7.67. The van der Waals surface area contributed by atoms with Gasteiger partial charge in [0, 0.05) is 12.1 Å². The Bertz CT molecular complexity index is 1380. The van der Waals surface area contributed by atoms with Crippen molar-refractivity contribution in [1.82, 2.24) is 0 Å². The Hall–Kier alpha value is -5.00. The highest BCUT2D eigenvalue weighted by Gasteiger charge is 2.15. The fourth-order valence-corrected chi connectivity index (χ4v) is 4.76. The molecule has 0 amide bonds. The fourth-order valence-electron chi connectivity index (χ4n) is 4.76.